The summed E-state index contributed by atoms with van der Waals surface area (Å²) in [5.41, 5.74) is 2.70. The van der Waals surface area contributed by atoms with Crippen LogP contribution in [0.25, 0.3) is 11.3 Å². The minimum Gasteiger partial charge on any atom is -0.497 e. The Labute approximate surface area is 133 Å². The predicted molar refractivity (Wildman–Crippen MR) is 85.1 cm³/mol. The number of halogens is 1. The number of ether oxygens (including phenoxy) is 1. The van der Waals surface area contributed by atoms with Gasteiger partial charge in [-0.2, -0.15) is 5.10 Å². The Bertz CT molecular complexity index is 825. The van der Waals surface area contributed by atoms with Crippen molar-refractivity contribution < 1.29 is 13.9 Å². The van der Waals surface area contributed by atoms with Crippen LogP contribution in [0.15, 0.2) is 54.7 Å². The Kier molecular flexibility index (Phi) is 4.19. The molecule has 0 saturated heterocycles. The SMILES string of the molecule is COc1ccc(-c2nn(Cc3cccc(F)c3)cc2C=O)cc1. The maximum absolute atomic E-state index is 13.3. The monoisotopic (exact) mass is 310 g/mol. The molecule has 0 aliphatic carbocycles. The van der Waals surface area contributed by atoms with Crippen LogP contribution in [0.2, 0.25) is 0 Å². The summed E-state index contributed by atoms with van der Waals surface area (Å²) >= 11 is 0. The largest absolute Gasteiger partial charge is 0.497 e. The first-order valence-electron chi connectivity index (χ1n) is 7.11. The van der Waals surface area contributed by atoms with Gasteiger partial charge in [-0.15, -0.1) is 0 Å². The Morgan fingerprint density at radius 1 is 1.22 bits per heavy atom. The fourth-order valence-electron chi connectivity index (χ4n) is 2.40. The number of aromatic nitrogens is 2. The number of carbonyl (C=O) groups excluding carboxylic acids is 1. The molecule has 0 aliphatic heterocycles. The summed E-state index contributed by atoms with van der Waals surface area (Å²) in [5, 5.41) is 4.45. The van der Waals surface area contributed by atoms with Crippen molar-refractivity contribution >= 4 is 6.29 Å². The van der Waals surface area contributed by atoms with Crippen molar-refractivity contribution in [3.05, 3.63) is 71.7 Å². The van der Waals surface area contributed by atoms with E-state index in [1.807, 2.05) is 30.3 Å². The van der Waals surface area contributed by atoms with Crippen molar-refractivity contribution in [2.45, 2.75) is 6.54 Å². The highest BCUT2D eigenvalue weighted by Gasteiger charge is 2.11. The zero-order chi connectivity index (χ0) is 16.2. The van der Waals surface area contributed by atoms with E-state index in [1.165, 1.54) is 12.1 Å². The van der Waals surface area contributed by atoms with E-state index in [-0.39, 0.29) is 5.82 Å². The van der Waals surface area contributed by atoms with Gasteiger partial charge < -0.3 is 4.74 Å². The molecule has 1 aromatic heterocycles. The van der Waals surface area contributed by atoms with Crippen LogP contribution in [0.1, 0.15) is 15.9 Å². The first kappa shape index (κ1) is 15.0. The van der Waals surface area contributed by atoms with Gasteiger partial charge in [0.2, 0.25) is 0 Å². The van der Waals surface area contributed by atoms with E-state index < -0.39 is 0 Å². The molecule has 0 N–H and O–H groups in total. The number of nitrogens with zero attached hydrogens (tertiary/aromatic N) is 2. The van der Waals surface area contributed by atoms with Crippen molar-refractivity contribution in [1.29, 1.82) is 0 Å². The molecule has 0 fully saturated rings. The van der Waals surface area contributed by atoms with Crippen LogP contribution >= 0.6 is 0 Å². The van der Waals surface area contributed by atoms with Crippen molar-refractivity contribution in [2.24, 2.45) is 0 Å². The minimum absolute atomic E-state index is 0.291. The molecule has 4 nitrogen and oxygen atoms in total. The zero-order valence-electron chi connectivity index (χ0n) is 12.6. The summed E-state index contributed by atoms with van der Waals surface area (Å²) in [6, 6.07) is 13.6. The average molecular weight is 310 g/mol. The highest BCUT2D eigenvalue weighted by Crippen LogP contribution is 2.24. The maximum Gasteiger partial charge on any atom is 0.153 e. The second kappa shape index (κ2) is 6.44. The van der Waals surface area contributed by atoms with Gasteiger partial charge in [-0.1, -0.05) is 12.1 Å². The van der Waals surface area contributed by atoms with E-state index in [2.05, 4.69) is 5.10 Å². The highest BCUT2D eigenvalue weighted by molar-refractivity contribution is 5.85. The summed E-state index contributed by atoms with van der Waals surface area (Å²) in [6.07, 6.45) is 2.44. The smallest absolute Gasteiger partial charge is 0.153 e. The summed E-state index contributed by atoms with van der Waals surface area (Å²) < 4.78 is 20.0. The number of methoxy groups -OCH3 is 1. The van der Waals surface area contributed by atoms with Crippen LogP contribution in [-0.4, -0.2) is 23.2 Å². The lowest BCUT2D eigenvalue weighted by Gasteiger charge is -2.03. The van der Waals surface area contributed by atoms with Crippen LogP contribution in [0.3, 0.4) is 0 Å². The Morgan fingerprint density at radius 2 is 2.00 bits per heavy atom. The van der Waals surface area contributed by atoms with Gasteiger partial charge in [-0.25, -0.2) is 4.39 Å². The number of rotatable bonds is 5. The topological polar surface area (TPSA) is 44.1 Å². The molecular weight excluding hydrogens is 295 g/mol. The second-order valence-corrected chi connectivity index (χ2v) is 5.11. The van der Waals surface area contributed by atoms with Gasteiger partial charge in [-0.3, -0.25) is 9.48 Å². The normalized spacial score (nSPS) is 10.5. The van der Waals surface area contributed by atoms with Crippen molar-refractivity contribution in [3.63, 3.8) is 0 Å². The molecule has 0 atom stereocenters. The number of benzene rings is 2. The lowest BCUT2D eigenvalue weighted by Crippen LogP contribution is -2.00. The highest BCUT2D eigenvalue weighted by atomic mass is 19.1. The molecule has 1 heterocycles. The Morgan fingerprint density at radius 3 is 2.65 bits per heavy atom. The molecule has 2 aromatic carbocycles. The van der Waals surface area contributed by atoms with Gasteiger partial charge in [0.15, 0.2) is 6.29 Å². The van der Waals surface area contributed by atoms with E-state index in [9.17, 15) is 9.18 Å². The van der Waals surface area contributed by atoms with E-state index in [0.29, 0.717) is 17.8 Å². The molecule has 0 aliphatic rings. The van der Waals surface area contributed by atoms with Gasteiger partial charge in [0.25, 0.3) is 0 Å². The fraction of sp³-hybridized carbons (Fsp3) is 0.111. The van der Waals surface area contributed by atoms with Crippen molar-refractivity contribution in [1.82, 2.24) is 9.78 Å². The molecule has 23 heavy (non-hydrogen) atoms. The molecule has 116 valence electrons. The molecule has 3 aromatic rings. The molecule has 0 saturated carbocycles. The third-order valence-corrected chi connectivity index (χ3v) is 3.51. The average Bonchev–Trinajstić information content (AvgIpc) is 2.98. The number of aldehydes is 1. The van der Waals surface area contributed by atoms with Gasteiger partial charge in [-0.05, 0) is 42.0 Å². The van der Waals surface area contributed by atoms with Crippen LogP contribution in [0.4, 0.5) is 4.39 Å². The number of hydrogen-bond acceptors (Lipinski definition) is 3. The number of carbonyl (C=O) groups is 1. The standard InChI is InChI=1S/C18H15FN2O2/c1-23-17-7-5-14(6-8-17)18-15(12-22)11-21(20-18)10-13-3-2-4-16(19)9-13/h2-9,11-12H,10H2,1H3. The lowest BCUT2D eigenvalue weighted by atomic mass is 10.1. The van der Waals surface area contributed by atoms with Gasteiger partial charge in [0, 0.05) is 11.8 Å². The molecular formula is C18H15FN2O2. The number of hydrogen-bond donors (Lipinski definition) is 0. The fourth-order valence-corrected chi connectivity index (χ4v) is 2.40. The van der Waals surface area contributed by atoms with Crippen LogP contribution in [0, 0.1) is 5.82 Å². The van der Waals surface area contributed by atoms with Crippen LogP contribution in [-0.2, 0) is 6.54 Å². The van der Waals surface area contributed by atoms with Crippen molar-refractivity contribution in [3.8, 4) is 17.0 Å². The molecule has 0 unspecified atom stereocenters. The van der Waals surface area contributed by atoms with Gasteiger partial charge in [0.1, 0.15) is 17.3 Å². The summed E-state index contributed by atoms with van der Waals surface area (Å²) in [7, 11) is 1.60. The van der Waals surface area contributed by atoms with E-state index in [0.717, 1.165) is 23.2 Å². The predicted octanol–water partition coefficient (Wildman–Crippen LogP) is 3.56. The maximum atomic E-state index is 13.3. The summed E-state index contributed by atoms with van der Waals surface area (Å²) in [6.45, 7) is 0.398. The Hall–Kier alpha value is -2.95. The third-order valence-electron chi connectivity index (χ3n) is 3.51. The first-order valence-corrected chi connectivity index (χ1v) is 7.11. The minimum atomic E-state index is -0.291. The quantitative estimate of drug-likeness (QED) is 0.677. The van der Waals surface area contributed by atoms with Crippen LogP contribution in [0.5, 0.6) is 5.75 Å². The van der Waals surface area contributed by atoms with Crippen LogP contribution < -0.4 is 4.74 Å². The van der Waals surface area contributed by atoms with E-state index >= 15 is 0 Å². The molecule has 0 bridgehead atoms. The Balaban J connectivity index is 1.92. The second-order valence-electron chi connectivity index (χ2n) is 5.11. The van der Waals surface area contributed by atoms with E-state index in [1.54, 1.807) is 24.1 Å². The summed E-state index contributed by atoms with van der Waals surface area (Å²) in [4.78, 5) is 11.3. The van der Waals surface area contributed by atoms with Gasteiger partial charge in [0.05, 0.1) is 19.2 Å². The summed E-state index contributed by atoms with van der Waals surface area (Å²) in [5.74, 6) is 0.446. The van der Waals surface area contributed by atoms with E-state index in [4.69, 9.17) is 4.74 Å². The first-order chi connectivity index (χ1) is 11.2. The molecule has 0 amide bonds. The lowest BCUT2D eigenvalue weighted by molar-refractivity contribution is 0.112. The molecule has 0 spiro atoms. The third kappa shape index (κ3) is 3.29. The van der Waals surface area contributed by atoms with Crippen molar-refractivity contribution in [2.75, 3.05) is 7.11 Å². The van der Waals surface area contributed by atoms with Gasteiger partial charge >= 0.3 is 0 Å². The molecule has 3 rings (SSSR count). The molecule has 0 radical (unpaired) electrons. The molecule has 5 heteroatoms. The zero-order valence-corrected chi connectivity index (χ0v) is 12.6.